The van der Waals surface area contributed by atoms with Gasteiger partial charge in [-0.3, -0.25) is 9.48 Å². The van der Waals surface area contributed by atoms with Gasteiger partial charge in [0.15, 0.2) is 0 Å². The Bertz CT molecular complexity index is 626. The molecule has 0 unspecified atom stereocenters. The number of carbonyl (C=O) groups is 2. The molecular formula is C18H31N5O2. The fourth-order valence-corrected chi connectivity index (χ4v) is 2.49. The molecule has 0 bridgehead atoms. The molecule has 0 aliphatic heterocycles. The molecule has 3 amide bonds. The second kappa shape index (κ2) is 7.06. The highest BCUT2D eigenvalue weighted by Gasteiger charge is 2.31. The second-order valence-corrected chi connectivity index (χ2v) is 8.73. The molecule has 1 atom stereocenters. The third-order valence-corrected chi connectivity index (χ3v) is 4.35. The van der Waals surface area contributed by atoms with Crippen LogP contribution < -0.4 is 16.0 Å². The van der Waals surface area contributed by atoms with E-state index in [2.05, 4.69) is 28.0 Å². The molecule has 0 radical (unpaired) electrons. The van der Waals surface area contributed by atoms with Gasteiger partial charge in [0.2, 0.25) is 5.91 Å². The first-order valence-electron chi connectivity index (χ1n) is 8.89. The first-order chi connectivity index (χ1) is 11.5. The molecule has 2 rings (SSSR count). The predicted molar refractivity (Wildman–Crippen MR) is 98.4 cm³/mol. The van der Waals surface area contributed by atoms with E-state index in [4.69, 9.17) is 0 Å². The maximum absolute atomic E-state index is 12.3. The van der Waals surface area contributed by atoms with Crippen molar-refractivity contribution < 1.29 is 9.59 Å². The van der Waals surface area contributed by atoms with Gasteiger partial charge in [-0.2, -0.15) is 5.10 Å². The van der Waals surface area contributed by atoms with Crippen molar-refractivity contribution in [1.29, 1.82) is 0 Å². The van der Waals surface area contributed by atoms with E-state index in [1.54, 1.807) is 20.0 Å². The molecule has 1 aromatic rings. The normalized spacial score (nSPS) is 16.2. The van der Waals surface area contributed by atoms with Crippen molar-refractivity contribution >= 4 is 17.6 Å². The minimum absolute atomic E-state index is 0.0131. The smallest absolute Gasteiger partial charge is 0.320 e. The summed E-state index contributed by atoms with van der Waals surface area (Å²) < 4.78 is 1.88. The maximum Gasteiger partial charge on any atom is 0.320 e. The fraction of sp³-hybridized carbons (Fsp3) is 0.722. The van der Waals surface area contributed by atoms with Gasteiger partial charge >= 0.3 is 6.03 Å². The molecule has 1 saturated carbocycles. The Labute approximate surface area is 149 Å². The van der Waals surface area contributed by atoms with Gasteiger partial charge in [0.05, 0.1) is 17.9 Å². The lowest BCUT2D eigenvalue weighted by Gasteiger charge is -2.27. The van der Waals surface area contributed by atoms with Gasteiger partial charge in [0.1, 0.15) is 5.54 Å². The summed E-state index contributed by atoms with van der Waals surface area (Å²) in [6.07, 6.45) is 5.94. The number of carbonyl (C=O) groups excluding carboxylic acids is 2. The van der Waals surface area contributed by atoms with Crippen LogP contribution in [0, 0.1) is 11.3 Å². The Morgan fingerprint density at radius 3 is 2.48 bits per heavy atom. The molecule has 25 heavy (non-hydrogen) atoms. The van der Waals surface area contributed by atoms with Crippen molar-refractivity contribution in [2.75, 3.05) is 11.9 Å². The molecule has 0 aromatic carbocycles. The highest BCUT2D eigenvalue weighted by Crippen LogP contribution is 2.39. The monoisotopic (exact) mass is 349 g/mol. The molecular weight excluding hydrogens is 318 g/mol. The largest absolute Gasteiger partial charge is 0.354 e. The van der Waals surface area contributed by atoms with Crippen LogP contribution in [0.5, 0.6) is 0 Å². The van der Waals surface area contributed by atoms with Crippen LogP contribution in [0.15, 0.2) is 12.4 Å². The van der Waals surface area contributed by atoms with Crippen LogP contribution in [0.2, 0.25) is 0 Å². The lowest BCUT2D eigenvalue weighted by Crippen LogP contribution is -2.56. The summed E-state index contributed by atoms with van der Waals surface area (Å²) in [5, 5.41) is 12.6. The highest BCUT2D eigenvalue weighted by atomic mass is 16.2. The van der Waals surface area contributed by atoms with E-state index in [-0.39, 0.29) is 11.3 Å². The highest BCUT2D eigenvalue weighted by molar-refractivity contribution is 5.95. The average molecular weight is 349 g/mol. The van der Waals surface area contributed by atoms with Crippen molar-refractivity contribution in [2.24, 2.45) is 11.3 Å². The predicted octanol–water partition coefficient (Wildman–Crippen LogP) is 2.92. The van der Waals surface area contributed by atoms with Crippen molar-refractivity contribution in [2.45, 2.75) is 66.0 Å². The molecule has 1 heterocycles. The Balaban J connectivity index is 1.86. The van der Waals surface area contributed by atoms with Crippen LogP contribution in [-0.2, 0) is 4.79 Å². The van der Waals surface area contributed by atoms with E-state index in [0.717, 1.165) is 0 Å². The maximum atomic E-state index is 12.3. The summed E-state index contributed by atoms with van der Waals surface area (Å²) >= 11 is 0. The summed E-state index contributed by atoms with van der Waals surface area (Å²) in [7, 11) is 0. The Kier molecular flexibility index (Phi) is 5.44. The molecule has 1 aromatic heterocycles. The molecule has 0 saturated heterocycles. The van der Waals surface area contributed by atoms with Gasteiger partial charge in [0.25, 0.3) is 0 Å². The van der Waals surface area contributed by atoms with Gasteiger partial charge in [-0.25, -0.2) is 4.79 Å². The fourth-order valence-electron chi connectivity index (χ4n) is 2.49. The first kappa shape index (κ1) is 19.3. The SMILES string of the molecule is C[C@@H](C1CC1)n1cc(NC(=O)NC(C)(C)C(=O)NCC(C)(C)C)cn1. The number of hydrogen-bond acceptors (Lipinski definition) is 3. The van der Waals surface area contributed by atoms with Crippen LogP contribution >= 0.6 is 0 Å². The number of nitrogens with zero attached hydrogens (tertiary/aromatic N) is 2. The summed E-state index contributed by atoms with van der Waals surface area (Å²) in [5.74, 6) is 0.475. The lowest BCUT2D eigenvalue weighted by molar-refractivity contribution is -0.126. The van der Waals surface area contributed by atoms with Gasteiger partial charge in [-0.15, -0.1) is 0 Å². The minimum Gasteiger partial charge on any atom is -0.354 e. The third-order valence-electron chi connectivity index (χ3n) is 4.35. The molecule has 1 aliphatic carbocycles. The third kappa shape index (κ3) is 5.76. The van der Waals surface area contributed by atoms with Crippen molar-refractivity contribution in [1.82, 2.24) is 20.4 Å². The Hall–Kier alpha value is -2.05. The quantitative estimate of drug-likeness (QED) is 0.738. The second-order valence-electron chi connectivity index (χ2n) is 8.73. The van der Waals surface area contributed by atoms with E-state index >= 15 is 0 Å². The van der Waals surface area contributed by atoms with E-state index in [0.29, 0.717) is 24.2 Å². The number of nitrogens with one attached hydrogen (secondary N) is 3. The van der Waals surface area contributed by atoms with Crippen molar-refractivity contribution in [3.8, 4) is 0 Å². The van der Waals surface area contributed by atoms with E-state index in [9.17, 15) is 9.59 Å². The summed E-state index contributed by atoms with van der Waals surface area (Å²) in [6.45, 7) is 12.2. The average Bonchev–Trinajstić information content (AvgIpc) is 3.22. The Morgan fingerprint density at radius 2 is 1.92 bits per heavy atom. The zero-order valence-electron chi connectivity index (χ0n) is 16.1. The van der Waals surface area contributed by atoms with E-state index in [1.807, 2.05) is 31.6 Å². The van der Waals surface area contributed by atoms with E-state index in [1.165, 1.54) is 12.8 Å². The van der Waals surface area contributed by atoms with Gasteiger partial charge in [-0.05, 0) is 44.9 Å². The number of rotatable bonds is 6. The van der Waals surface area contributed by atoms with Crippen LogP contribution in [0.25, 0.3) is 0 Å². The summed E-state index contributed by atoms with van der Waals surface area (Å²) in [6, 6.07) is -0.0761. The van der Waals surface area contributed by atoms with Gasteiger partial charge in [0, 0.05) is 12.7 Å². The van der Waals surface area contributed by atoms with Crippen LogP contribution in [0.1, 0.15) is 60.4 Å². The topological polar surface area (TPSA) is 88.0 Å². The molecule has 7 heteroatoms. The number of amides is 3. The van der Waals surface area contributed by atoms with Crippen LogP contribution in [0.4, 0.5) is 10.5 Å². The summed E-state index contributed by atoms with van der Waals surface area (Å²) in [5.41, 5.74) is -0.399. The van der Waals surface area contributed by atoms with Crippen LogP contribution in [0.3, 0.4) is 0 Å². The van der Waals surface area contributed by atoms with Gasteiger partial charge in [-0.1, -0.05) is 20.8 Å². The molecule has 140 valence electrons. The molecule has 1 fully saturated rings. The lowest BCUT2D eigenvalue weighted by atomic mass is 9.96. The number of aromatic nitrogens is 2. The standard InChI is InChI=1S/C18H31N5O2/c1-12(13-7-8-13)23-10-14(9-20-23)21-16(25)22-18(5,6)15(24)19-11-17(2,3)4/h9-10,12-13H,7-8,11H2,1-6H3,(H,19,24)(H2,21,22,25)/t12-/m0/s1. The number of urea groups is 1. The van der Waals surface area contributed by atoms with E-state index < -0.39 is 11.6 Å². The number of hydrogen-bond donors (Lipinski definition) is 3. The van der Waals surface area contributed by atoms with Crippen molar-refractivity contribution in [3.63, 3.8) is 0 Å². The molecule has 0 spiro atoms. The first-order valence-corrected chi connectivity index (χ1v) is 8.89. The summed E-state index contributed by atoms with van der Waals surface area (Å²) in [4.78, 5) is 24.5. The van der Waals surface area contributed by atoms with Gasteiger partial charge < -0.3 is 16.0 Å². The zero-order chi connectivity index (χ0) is 18.8. The number of anilines is 1. The minimum atomic E-state index is -1.01. The Morgan fingerprint density at radius 1 is 1.28 bits per heavy atom. The molecule has 7 nitrogen and oxygen atoms in total. The molecule has 1 aliphatic rings. The van der Waals surface area contributed by atoms with Crippen LogP contribution in [-0.4, -0.2) is 33.8 Å². The zero-order valence-corrected chi connectivity index (χ0v) is 16.1. The van der Waals surface area contributed by atoms with Crippen molar-refractivity contribution in [3.05, 3.63) is 12.4 Å². The molecule has 3 N–H and O–H groups in total.